The summed E-state index contributed by atoms with van der Waals surface area (Å²) in [5.41, 5.74) is 2.80. The highest BCUT2D eigenvalue weighted by Gasteiger charge is 2.13. The first kappa shape index (κ1) is 19.0. The highest BCUT2D eigenvalue weighted by atomic mass is 16.5. The van der Waals surface area contributed by atoms with Crippen molar-refractivity contribution >= 4 is 16.9 Å². The fourth-order valence-corrected chi connectivity index (χ4v) is 3.09. The molecule has 3 aromatic rings. The van der Waals surface area contributed by atoms with E-state index in [4.69, 9.17) is 9.72 Å². The third-order valence-electron chi connectivity index (χ3n) is 4.91. The van der Waals surface area contributed by atoms with E-state index in [1.54, 1.807) is 31.4 Å². The summed E-state index contributed by atoms with van der Waals surface area (Å²) >= 11 is 0. The summed E-state index contributed by atoms with van der Waals surface area (Å²) in [6.07, 6.45) is 1.83. The summed E-state index contributed by atoms with van der Waals surface area (Å²) in [4.78, 5) is 17.1. The smallest absolute Gasteiger partial charge is 0.251 e. The maximum absolute atomic E-state index is 12.3. The predicted octanol–water partition coefficient (Wildman–Crippen LogP) is 4.06. The predicted molar refractivity (Wildman–Crippen MR) is 108 cm³/mol. The highest BCUT2D eigenvalue weighted by molar-refractivity contribution is 5.94. The molecule has 27 heavy (non-hydrogen) atoms. The van der Waals surface area contributed by atoms with E-state index in [0.717, 1.165) is 35.6 Å². The molecule has 3 rings (SSSR count). The normalized spacial score (nSPS) is 12.1. The van der Waals surface area contributed by atoms with E-state index in [9.17, 15) is 4.79 Å². The van der Waals surface area contributed by atoms with Gasteiger partial charge in [0.25, 0.3) is 5.91 Å². The van der Waals surface area contributed by atoms with Gasteiger partial charge in [-0.25, -0.2) is 4.98 Å². The van der Waals surface area contributed by atoms with Crippen molar-refractivity contribution in [1.29, 1.82) is 0 Å². The van der Waals surface area contributed by atoms with E-state index >= 15 is 0 Å². The molecule has 0 aliphatic carbocycles. The van der Waals surface area contributed by atoms with Gasteiger partial charge in [0.2, 0.25) is 0 Å². The summed E-state index contributed by atoms with van der Waals surface area (Å²) in [6.45, 7) is 5.95. The van der Waals surface area contributed by atoms with Gasteiger partial charge in [-0.3, -0.25) is 4.79 Å². The number of carbonyl (C=O) groups is 1. The zero-order valence-corrected chi connectivity index (χ0v) is 16.2. The Balaban J connectivity index is 1.68. The van der Waals surface area contributed by atoms with Crippen molar-refractivity contribution in [2.24, 2.45) is 5.92 Å². The third-order valence-corrected chi connectivity index (χ3v) is 4.91. The van der Waals surface area contributed by atoms with Gasteiger partial charge in [-0.15, -0.1) is 0 Å². The fraction of sp³-hybridized carbons (Fsp3) is 0.364. The molecule has 0 aliphatic heterocycles. The number of para-hydroxylation sites is 2. The minimum absolute atomic E-state index is 0.0813. The Kier molecular flexibility index (Phi) is 6.12. The molecule has 0 aliphatic rings. The lowest BCUT2D eigenvalue weighted by atomic mass is 10.1. The van der Waals surface area contributed by atoms with Gasteiger partial charge in [0.15, 0.2) is 0 Å². The number of nitrogens with zero attached hydrogens (tertiary/aromatic N) is 2. The van der Waals surface area contributed by atoms with Crippen molar-refractivity contribution in [2.75, 3.05) is 13.7 Å². The number of carbonyl (C=O) groups excluding carboxylic acids is 1. The van der Waals surface area contributed by atoms with Crippen LogP contribution in [0, 0.1) is 5.92 Å². The molecule has 2 aromatic carbocycles. The van der Waals surface area contributed by atoms with Gasteiger partial charge in [-0.1, -0.05) is 32.4 Å². The number of ether oxygens (including phenoxy) is 1. The molecule has 0 bridgehead atoms. The minimum Gasteiger partial charge on any atom is -0.497 e. The molecule has 1 aromatic heterocycles. The van der Waals surface area contributed by atoms with E-state index in [1.165, 1.54) is 0 Å². The summed E-state index contributed by atoms with van der Waals surface area (Å²) in [7, 11) is 1.61. The first-order chi connectivity index (χ1) is 13.1. The van der Waals surface area contributed by atoms with Crippen molar-refractivity contribution in [3.8, 4) is 5.75 Å². The van der Waals surface area contributed by atoms with Gasteiger partial charge >= 0.3 is 0 Å². The molecule has 1 unspecified atom stereocenters. The molecule has 0 saturated carbocycles. The van der Waals surface area contributed by atoms with Gasteiger partial charge < -0.3 is 14.6 Å². The zero-order chi connectivity index (χ0) is 19.2. The molecule has 0 fully saturated rings. The van der Waals surface area contributed by atoms with Crippen LogP contribution in [-0.2, 0) is 13.0 Å². The van der Waals surface area contributed by atoms with Crippen LogP contribution in [0.4, 0.5) is 0 Å². The second-order valence-electron chi connectivity index (χ2n) is 6.88. The molecular formula is C22H27N3O2. The quantitative estimate of drug-likeness (QED) is 0.655. The average molecular weight is 365 g/mol. The van der Waals surface area contributed by atoms with Crippen molar-refractivity contribution in [1.82, 2.24) is 14.9 Å². The lowest BCUT2D eigenvalue weighted by molar-refractivity contribution is 0.0954. The summed E-state index contributed by atoms with van der Waals surface area (Å²) < 4.78 is 7.42. The number of fused-ring (bicyclic) bond motifs is 1. The second-order valence-corrected chi connectivity index (χ2v) is 6.88. The van der Waals surface area contributed by atoms with Crippen LogP contribution in [0.15, 0.2) is 48.5 Å². The monoisotopic (exact) mass is 365 g/mol. The van der Waals surface area contributed by atoms with Gasteiger partial charge in [0.1, 0.15) is 11.6 Å². The number of benzene rings is 2. The third kappa shape index (κ3) is 4.48. The number of nitrogens with one attached hydrogen (secondary N) is 1. The average Bonchev–Trinajstić information content (AvgIpc) is 3.05. The van der Waals surface area contributed by atoms with E-state index in [2.05, 4.69) is 29.8 Å². The Hall–Kier alpha value is -2.82. The SMILES string of the molecule is CCC(C)Cn1c(CCNC(=O)c2ccc(OC)cc2)nc2ccccc21. The van der Waals surface area contributed by atoms with Crippen LogP contribution < -0.4 is 10.1 Å². The summed E-state index contributed by atoms with van der Waals surface area (Å²) in [6, 6.07) is 15.3. The Morgan fingerprint density at radius 2 is 1.93 bits per heavy atom. The molecule has 1 atom stereocenters. The first-order valence-electron chi connectivity index (χ1n) is 9.48. The molecular weight excluding hydrogens is 338 g/mol. The standard InChI is InChI=1S/C22H27N3O2/c1-4-16(2)15-25-20-8-6-5-7-19(20)24-21(25)13-14-23-22(26)17-9-11-18(27-3)12-10-17/h5-12,16H,4,13-15H2,1-3H3,(H,23,26). The van der Waals surface area contributed by atoms with Crippen molar-refractivity contribution in [3.63, 3.8) is 0 Å². The Labute approximate surface area is 160 Å². The van der Waals surface area contributed by atoms with Crippen molar-refractivity contribution in [3.05, 3.63) is 59.9 Å². The molecule has 0 saturated heterocycles. The first-order valence-corrected chi connectivity index (χ1v) is 9.48. The van der Waals surface area contributed by atoms with Crippen LogP contribution in [-0.4, -0.2) is 29.1 Å². The Morgan fingerprint density at radius 3 is 2.63 bits per heavy atom. The molecule has 5 heteroatoms. The Morgan fingerprint density at radius 1 is 1.19 bits per heavy atom. The number of methoxy groups -OCH3 is 1. The number of amides is 1. The van der Waals surface area contributed by atoms with Crippen LogP contribution in [0.5, 0.6) is 5.75 Å². The maximum atomic E-state index is 12.3. The maximum Gasteiger partial charge on any atom is 0.251 e. The lowest BCUT2D eigenvalue weighted by Crippen LogP contribution is -2.26. The number of aromatic nitrogens is 2. The van der Waals surface area contributed by atoms with Crippen LogP contribution in [0.1, 0.15) is 36.5 Å². The fourth-order valence-electron chi connectivity index (χ4n) is 3.09. The van der Waals surface area contributed by atoms with Gasteiger partial charge in [-0.2, -0.15) is 0 Å². The lowest BCUT2D eigenvalue weighted by Gasteiger charge is -2.14. The zero-order valence-electron chi connectivity index (χ0n) is 16.2. The molecule has 1 amide bonds. The summed E-state index contributed by atoms with van der Waals surface area (Å²) in [5, 5.41) is 2.99. The summed E-state index contributed by atoms with van der Waals surface area (Å²) in [5.74, 6) is 2.26. The Bertz CT molecular complexity index is 900. The molecule has 5 nitrogen and oxygen atoms in total. The van der Waals surface area contributed by atoms with Gasteiger partial charge in [0, 0.05) is 25.1 Å². The number of hydrogen-bond acceptors (Lipinski definition) is 3. The molecule has 0 radical (unpaired) electrons. The van der Waals surface area contributed by atoms with E-state index in [0.29, 0.717) is 24.4 Å². The van der Waals surface area contributed by atoms with Gasteiger partial charge in [0.05, 0.1) is 18.1 Å². The van der Waals surface area contributed by atoms with Gasteiger partial charge in [-0.05, 0) is 42.3 Å². The van der Waals surface area contributed by atoms with Crippen LogP contribution >= 0.6 is 0 Å². The van der Waals surface area contributed by atoms with E-state index in [1.807, 2.05) is 18.2 Å². The molecule has 142 valence electrons. The molecule has 1 heterocycles. The van der Waals surface area contributed by atoms with E-state index in [-0.39, 0.29) is 5.91 Å². The van der Waals surface area contributed by atoms with Crippen LogP contribution in [0.2, 0.25) is 0 Å². The number of hydrogen-bond donors (Lipinski definition) is 1. The largest absolute Gasteiger partial charge is 0.497 e. The van der Waals surface area contributed by atoms with Crippen molar-refractivity contribution in [2.45, 2.75) is 33.2 Å². The van der Waals surface area contributed by atoms with Crippen molar-refractivity contribution < 1.29 is 9.53 Å². The molecule has 0 spiro atoms. The number of rotatable bonds is 8. The van der Waals surface area contributed by atoms with Crippen LogP contribution in [0.3, 0.4) is 0 Å². The van der Waals surface area contributed by atoms with E-state index < -0.39 is 0 Å². The second kappa shape index (κ2) is 8.71. The topological polar surface area (TPSA) is 56.2 Å². The molecule has 1 N–H and O–H groups in total. The highest BCUT2D eigenvalue weighted by Crippen LogP contribution is 2.19. The van der Waals surface area contributed by atoms with Crippen LogP contribution in [0.25, 0.3) is 11.0 Å². The minimum atomic E-state index is -0.0813. The number of imidazole rings is 1.